The van der Waals surface area contributed by atoms with Gasteiger partial charge in [-0.3, -0.25) is 9.59 Å². The topological polar surface area (TPSA) is 83.6 Å². The van der Waals surface area contributed by atoms with E-state index in [4.69, 9.17) is 5.11 Å². The van der Waals surface area contributed by atoms with E-state index in [1.807, 2.05) is 0 Å². The van der Waals surface area contributed by atoms with Crippen LogP contribution in [0.15, 0.2) is 0 Å². The molecule has 1 amide bonds. The number of primary amides is 1. The first kappa shape index (κ1) is 16.3. The maximum atomic E-state index is 9.86. The minimum atomic E-state index is -0.996. The Hall–Kier alpha value is -1.10. The van der Waals surface area contributed by atoms with Gasteiger partial charge in [0.2, 0.25) is 5.91 Å². The molecule has 0 rings (SSSR count). The summed E-state index contributed by atoms with van der Waals surface area (Å²) in [6.07, 6.45) is -0.245. The smallest absolute Gasteiger partial charge is 0.303 e. The van der Waals surface area contributed by atoms with Gasteiger partial charge in [-0.25, -0.2) is 0 Å². The lowest BCUT2D eigenvalue weighted by atomic mass is 10.3. The van der Waals surface area contributed by atoms with Crippen molar-refractivity contribution in [1.29, 1.82) is 0 Å². The lowest BCUT2D eigenvalue weighted by Crippen LogP contribution is -2.21. The molecule has 0 aromatic carbocycles. The third-order valence-electron chi connectivity index (χ3n) is 1.93. The van der Waals surface area contributed by atoms with Gasteiger partial charge in [-0.05, 0) is 19.6 Å². The van der Waals surface area contributed by atoms with Crippen molar-refractivity contribution >= 4 is 11.9 Å². The van der Waals surface area contributed by atoms with E-state index in [-0.39, 0.29) is 12.8 Å². The molecule has 0 heterocycles. The molecule has 0 aromatic heterocycles. The zero-order valence-electron chi connectivity index (χ0n) is 9.82. The Balaban J connectivity index is 0. The molecule has 0 unspecified atom stereocenters. The van der Waals surface area contributed by atoms with Crippen molar-refractivity contribution in [1.82, 2.24) is 4.90 Å². The fraction of sp³-hybridized carbons (Fsp3) is 0.800. The zero-order valence-corrected chi connectivity index (χ0v) is 9.82. The molecular formula is C10H22N2O3. The second kappa shape index (κ2) is 11.0. The standard InChI is InChI=1S/C6H15N.C4H7NO3/c1-4-7(5-2)6-3;5-3(6)1-2-4(7)8/h4-6H2,1-3H3;1-2H2,(H2,5,6)(H,7,8). The highest BCUT2D eigenvalue weighted by Crippen LogP contribution is 1.84. The number of nitrogens with zero attached hydrogens (tertiary/aromatic N) is 1. The first-order valence-corrected chi connectivity index (χ1v) is 5.20. The highest BCUT2D eigenvalue weighted by molar-refractivity contribution is 5.79. The highest BCUT2D eigenvalue weighted by Gasteiger charge is 1.98. The number of amides is 1. The van der Waals surface area contributed by atoms with Gasteiger partial charge in [-0.15, -0.1) is 0 Å². The molecule has 0 fully saturated rings. The number of carboxylic acid groups (broad SMARTS) is 1. The first-order valence-electron chi connectivity index (χ1n) is 5.20. The van der Waals surface area contributed by atoms with Crippen LogP contribution in [0, 0.1) is 0 Å². The van der Waals surface area contributed by atoms with E-state index in [1.165, 1.54) is 19.6 Å². The fourth-order valence-electron chi connectivity index (χ4n) is 0.901. The molecule has 90 valence electrons. The van der Waals surface area contributed by atoms with E-state index < -0.39 is 11.9 Å². The van der Waals surface area contributed by atoms with Gasteiger partial charge >= 0.3 is 5.97 Å². The third-order valence-corrected chi connectivity index (χ3v) is 1.93. The van der Waals surface area contributed by atoms with Crippen molar-refractivity contribution in [3.05, 3.63) is 0 Å². The molecule has 0 aromatic rings. The average Bonchev–Trinajstić information content (AvgIpc) is 2.18. The summed E-state index contributed by atoms with van der Waals surface area (Å²) in [6, 6.07) is 0. The molecule has 0 aliphatic rings. The van der Waals surface area contributed by atoms with E-state index in [0.717, 1.165) is 0 Å². The summed E-state index contributed by atoms with van der Waals surface area (Å²) in [5.74, 6) is -1.57. The molecule has 0 aliphatic heterocycles. The summed E-state index contributed by atoms with van der Waals surface area (Å²) in [4.78, 5) is 21.9. The van der Waals surface area contributed by atoms with Crippen LogP contribution >= 0.6 is 0 Å². The third kappa shape index (κ3) is 15.6. The molecular weight excluding hydrogens is 196 g/mol. The number of rotatable bonds is 6. The zero-order chi connectivity index (χ0) is 12.3. The van der Waals surface area contributed by atoms with Crippen molar-refractivity contribution in [2.45, 2.75) is 33.6 Å². The fourth-order valence-corrected chi connectivity index (χ4v) is 0.901. The molecule has 0 spiro atoms. The lowest BCUT2D eigenvalue weighted by molar-refractivity contribution is -0.138. The quantitative estimate of drug-likeness (QED) is 0.687. The van der Waals surface area contributed by atoms with Gasteiger partial charge < -0.3 is 15.7 Å². The first-order chi connectivity index (χ1) is 6.97. The van der Waals surface area contributed by atoms with Crippen LogP contribution in [0.25, 0.3) is 0 Å². The molecule has 3 N–H and O–H groups in total. The summed E-state index contributed by atoms with van der Waals surface area (Å²) >= 11 is 0. The van der Waals surface area contributed by atoms with Crippen LogP contribution in [0.1, 0.15) is 33.6 Å². The normalized spacial score (nSPS) is 9.33. The Bertz CT molecular complexity index is 160. The van der Waals surface area contributed by atoms with Crippen LogP contribution in [0.2, 0.25) is 0 Å². The largest absolute Gasteiger partial charge is 0.481 e. The summed E-state index contributed by atoms with van der Waals surface area (Å²) < 4.78 is 0. The second-order valence-electron chi connectivity index (χ2n) is 2.98. The number of hydrogen-bond donors (Lipinski definition) is 2. The Morgan fingerprint density at radius 2 is 1.47 bits per heavy atom. The monoisotopic (exact) mass is 218 g/mol. The van der Waals surface area contributed by atoms with E-state index in [0.29, 0.717) is 0 Å². The number of carboxylic acids is 1. The van der Waals surface area contributed by atoms with E-state index >= 15 is 0 Å². The van der Waals surface area contributed by atoms with Crippen LogP contribution in [0.5, 0.6) is 0 Å². The Morgan fingerprint density at radius 3 is 1.53 bits per heavy atom. The molecule has 0 saturated carbocycles. The van der Waals surface area contributed by atoms with Crippen LogP contribution in [0.3, 0.4) is 0 Å². The van der Waals surface area contributed by atoms with Gasteiger partial charge in [-0.2, -0.15) is 0 Å². The lowest BCUT2D eigenvalue weighted by Gasteiger charge is -2.13. The summed E-state index contributed by atoms with van der Waals surface area (Å²) in [5, 5.41) is 7.95. The van der Waals surface area contributed by atoms with Gasteiger partial charge in [-0.1, -0.05) is 20.8 Å². The summed E-state index contributed by atoms with van der Waals surface area (Å²) in [7, 11) is 0. The predicted octanol–water partition coefficient (Wildman–Crippen LogP) is 0.685. The molecule has 0 saturated heterocycles. The van der Waals surface area contributed by atoms with Crippen LogP contribution in [-0.2, 0) is 9.59 Å². The molecule has 0 aliphatic carbocycles. The van der Waals surface area contributed by atoms with Crippen LogP contribution < -0.4 is 5.73 Å². The van der Waals surface area contributed by atoms with Crippen molar-refractivity contribution in [2.24, 2.45) is 5.73 Å². The van der Waals surface area contributed by atoms with Crippen LogP contribution in [0.4, 0.5) is 0 Å². The predicted molar refractivity (Wildman–Crippen MR) is 59.5 cm³/mol. The number of hydrogen-bond acceptors (Lipinski definition) is 3. The molecule has 0 radical (unpaired) electrons. The molecule has 0 atom stereocenters. The summed E-state index contributed by atoms with van der Waals surface area (Å²) in [5.41, 5.74) is 4.64. The number of aliphatic carboxylic acids is 1. The Labute approximate surface area is 91.2 Å². The molecule has 0 bridgehead atoms. The van der Waals surface area contributed by atoms with Crippen molar-refractivity contribution in [3.8, 4) is 0 Å². The molecule has 5 nitrogen and oxygen atoms in total. The van der Waals surface area contributed by atoms with Gasteiger partial charge in [0, 0.05) is 6.42 Å². The Kier molecular flexibility index (Phi) is 12.0. The number of carbonyl (C=O) groups is 2. The minimum absolute atomic E-state index is 0.0741. The number of nitrogens with two attached hydrogens (primary N) is 1. The van der Waals surface area contributed by atoms with Crippen molar-refractivity contribution in [2.75, 3.05) is 19.6 Å². The van der Waals surface area contributed by atoms with Crippen LogP contribution in [-0.4, -0.2) is 41.5 Å². The average molecular weight is 218 g/mol. The van der Waals surface area contributed by atoms with Gasteiger partial charge in [0.05, 0.1) is 6.42 Å². The SMILES string of the molecule is CCN(CC)CC.NC(=O)CCC(=O)O. The maximum Gasteiger partial charge on any atom is 0.303 e. The second-order valence-corrected chi connectivity index (χ2v) is 2.98. The highest BCUT2D eigenvalue weighted by atomic mass is 16.4. The van der Waals surface area contributed by atoms with E-state index in [9.17, 15) is 9.59 Å². The van der Waals surface area contributed by atoms with Crippen molar-refractivity contribution < 1.29 is 14.7 Å². The van der Waals surface area contributed by atoms with E-state index in [2.05, 4.69) is 31.4 Å². The van der Waals surface area contributed by atoms with Gasteiger partial charge in [0.1, 0.15) is 0 Å². The van der Waals surface area contributed by atoms with E-state index in [1.54, 1.807) is 0 Å². The summed E-state index contributed by atoms with van der Waals surface area (Å²) in [6.45, 7) is 10.1. The van der Waals surface area contributed by atoms with Gasteiger partial charge in [0.15, 0.2) is 0 Å². The minimum Gasteiger partial charge on any atom is -0.481 e. The number of carbonyl (C=O) groups excluding carboxylic acids is 1. The van der Waals surface area contributed by atoms with Crippen molar-refractivity contribution in [3.63, 3.8) is 0 Å². The molecule has 5 heteroatoms. The molecule has 15 heavy (non-hydrogen) atoms. The van der Waals surface area contributed by atoms with Gasteiger partial charge in [0.25, 0.3) is 0 Å². The Morgan fingerprint density at radius 1 is 1.07 bits per heavy atom. The maximum absolute atomic E-state index is 9.86.